The average Bonchev–Trinajstić information content (AvgIpc) is 2.78. The molecular weight excluding hydrogens is 216 g/mol. The summed E-state index contributed by atoms with van der Waals surface area (Å²) in [4.78, 5) is 11.5. The third-order valence-electron chi connectivity index (χ3n) is 2.31. The Morgan fingerprint density at radius 2 is 2.35 bits per heavy atom. The summed E-state index contributed by atoms with van der Waals surface area (Å²) in [5, 5.41) is 9.93. The fraction of sp³-hybridized carbons (Fsp3) is 0.500. The lowest BCUT2D eigenvalue weighted by Crippen LogP contribution is -2.47. The first-order chi connectivity index (χ1) is 8.13. The lowest BCUT2D eigenvalue weighted by atomic mass is 10.2. The Bertz CT molecular complexity index is 380. The second-order valence-electron chi connectivity index (χ2n) is 3.94. The summed E-state index contributed by atoms with van der Waals surface area (Å²) in [5.41, 5.74) is 0. The molecule has 1 rings (SSSR count). The first-order valence-corrected chi connectivity index (χ1v) is 5.58. The topological polar surface area (TPSA) is 59.0 Å². The van der Waals surface area contributed by atoms with E-state index in [0.717, 1.165) is 6.54 Å². The zero-order chi connectivity index (χ0) is 12.7. The maximum absolute atomic E-state index is 11.5. The van der Waals surface area contributed by atoms with Crippen LogP contribution in [-0.2, 0) is 11.3 Å². The van der Waals surface area contributed by atoms with Crippen LogP contribution in [0.1, 0.15) is 13.8 Å². The summed E-state index contributed by atoms with van der Waals surface area (Å²) in [5.74, 6) is 2.28. The van der Waals surface area contributed by atoms with Crippen LogP contribution in [0.15, 0.2) is 18.5 Å². The number of aromatic nitrogens is 2. The quantitative estimate of drug-likeness (QED) is 0.681. The van der Waals surface area contributed by atoms with Crippen molar-refractivity contribution in [3.05, 3.63) is 18.5 Å². The molecule has 2 unspecified atom stereocenters. The van der Waals surface area contributed by atoms with E-state index < -0.39 is 0 Å². The highest BCUT2D eigenvalue weighted by Gasteiger charge is 2.14. The monoisotopic (exact) mass is 234 g/mol. The van der Waals surface area contributed by atoms with E-state index >= 15 is 0 Å². The smallest absolute Gasteiger partial charge is 0.237 e. The van der Waals surface area contributed by atoms with Gasteiger partial charge >= 0.3 is 0 Å². The van der Waals surface area contributed by atoms with E-state index in [2.05, 4.69) is 21.7 Å². The number of amides is 1. The Kier molecular flexibility index (Phi) is 5.24. The van der Waals surface area contributed by atoms with E-state index in [1.54, 1.807) is 6.20 Å². The van der Waals surface area contributed by atoms with E-state index in [4.69, 9.17) is 6.42 Å². The molecule has 0 fully saturated rings. The summed E-state index contributed by atoms with van der Waals surface area (Å²) < 4.78 is 1.82. The van der Waals surface area contributed by atoms with Gasteiger partial charge in [0.1, 0.15) is 0 Å². The minimum atomic E-state index is -0.270. The zero-order valence-corrected chi connectivity index (χ0v) is 10.2. The Balaban J connectivity index is 2.32. The van der Waals surface area contributed by atoms with E-state index in [9.17, 15) is 4.79 Å². The van der Waals surface area contributed by atoms with E-state index in [0.29, 0.717) is 0 Å². The molecule has 0 aromatic carbocycles. The van der Waals surface area contributed by atoms with Gasteiger partial charge in [-0.25, -0.2) is 0 Å². The molecule has 0 radical (unpaired) electrons. The maximum atomic E-state index is 11.5. The van der Waals surface area contributed by atoms with Crippen molar-refractivity contribution >= 4 is 5.91 Å². The number of nitrogens with zero attached hydrogens (tertiary/aromatic N) is 2. The number of hydrogen-bond donors (Lipinski definition) is 2. The SMILES string of the molecule is C#CCNC(=O)C(C)NC(C)Cn1cccn1. The molecule has 0 aliphatic rings. The lowest BCUT2D eigenvalue weighted by molar-refractivity contribution is -0.122. The third-order valence-corrected chi connectivity index (χ3v) is 2.31. The van der Waals surface area contributed by atoms with Gasteiger partial charge in [0.2, 0.25) is 5.91 Å². The molecule has 0 aliphatic carbocycles. The van der Waals surface area contributed by atoms with Gasteiger partial charge in [-0.3, -0.25) is 9.48 Å². The molecule has 5 nitrogen and oxygen atoms in total. The van der Waals surface area contributed by atoms with Crippen molar-refractivity contribution < 1.29 is 4.79 Å². The number of rotatable bonds is 6. The molecule has 17 heavy (non-hydrogen) atoms. The minimum absolute atomic E-state index is 0.0877. The van der Waals surface area contributed by atoms with Gasteiger partial charge < -0.3 is 10.6 Å². The predicted octanol–water partition coefficient (Wildman–Crippen LogP) is -0.000900. The first-order valence-electron chi connectivity index (χ1n) is 5.58. The van der Waals surface area contributed by atoms with Gasteiger partial charge in [-0.15, -0.1) is 6.42 Å². The van der Waals surface area contributed by atoms with Crippen molar-refractivity contribution in [3.8, 4) is 12.3 Å². The van der Waals surface area contributed by atoms with Crippen LogP contribution in [0, 0.1) is 12.3 Å². The highest BCUT2D eigenvalue weighted by Crippen LogP contribution is 1.93. The Morgan fingerprint density at radius 3 is 2.94 bits per heavy atom. The van der Waals surface area contributed by atoms with E-state index in [-0.39, 0.29) is 24.5 Å². The Labute approximate surface area is 102 Å². The van der Waals surface area contributed by atoms with Crippen LogP contribution in [0.4, 0.5) is 0 Å². The van der Waals surface area contributed by atoms with Gasteiger partial charge in [0, 0.05) is 18.4 Å². The summed E-state index contributed by atoms with van der Waals surface area (Å²) in [6.07, 6.45) is 8.69. The zero-order valence-electron chi connectivity index (χ0n) is 10.2. The highest BCUT2D eigenvalue weighted by molar-refractivity contribution is 5.81. The van der Waals surface area contributed by atoms with Crippen LogP contribution in [0.5, 0.6) is 0 Å². The largest absolute Gasteiger partial charge is 0.344 e. The molecule has 0 saturated heterocycles. The molecule has 1 amide bonds. The standard InChI is InChI=1S/C12H18N4O/c1-4-6-13-12(17)11(3)15-10(2)9-16-8-5-7-14-16/h1,5,7-8,10-11,15H,6,9H2,2-3H3,(H,13,17). The van der Waals surface area contributed by atoms with Gasteiger partial charge in [0.15, 0.2) is 0 Å². The van der Waals surface area contributed by atoms with E-state index in [1.807, 2.05) is 30.8 Å². The lowest BCUT2D eigenvalue weighted by Gasteiger charge is -2.19. The van der Waals surface area contributed by atoms with Crippen molar-refractivity contribution in [3.63, 3.8) is 0 Å². The van der Waals surface area contributed by atoms with Crippen molar-refractivity contribution in [1.82, 2.24) is 20.4 Å². The minimum Gasteiger partial charge on any atom is -0.344 e. The second kappa shape index (κ2) is 6.71. The second-order valence-corrected chi connectivity index (χ2v) is 3.94. The van der Waals surface area contributed by atoms with Crippen LogP contribution in [0.3, 0.4) is 0 Å². The normalized spacial score (nSPS) is 13.7. The van der Waals surface area contributed by atoms with Crippen LogP contribution >= 0.6 is 0 Å². The molecule has 2 N–H and O–H groups in total. The van der Waals surface area contributed by atoms with Crippen LogP contribution in [-0.4, -0.2) is 34.3 Å². The Morgan fingerprint density at radius 1 is 1.59 bits per heavy atom. The number of nitrogens with one attached hydrogen (secondary N) is 2. The molecule has 1 aromatic heterocycles. The first kappa shape index (κ1) is 13.3. The molecule has 0 aliphatic heterocycles. The number of carbonyl (C=O) groups is 1. The highest BCUT2D eigenvalue weighted by atomic mass is 16.2. The molecule has 1 aromatic rings. The van der Waals surface area contributed by atoms with Gasteiger partial charge in [-0.05, 0) is 19.9 Å². The Hall–Kier alpha value is -1.80. The summed E-state index contributed by atoms with van der Waals surface area (Å²) >= 11 is 0. The molecule has 0 bridgehead atoms. The molecule has 0 saturated carbocycles. The molecule has 2 atom stereocenters. The number of terminal acetylenes is 1. The summed E-state index contributed by atoms with van der Waals surface area (Å²) in [6.45, 7) is 4.80. The fourth-order valence-electron chi connectivity index (χ4n) is 1.54. The van der Waals surface area contributed by atoms with Crippen molar-refractivity contribution in [2.75, 3.05) is 6.54 Å². The molecular formula is C12H18N4O. The van der Waals surface area contributed by atoms with Crippen LogP contribution in [0.25, 0.3) is 0 Å². The van der Waals surface area contributed by atoms with Crippen LogP contribution in [0.2, 0.25) is 0 Å². The third kappa shape index (κ3) is 4.70. The molecule has 1 heterocycles. The van der Waals surface area contributed by atoms with Crippen molar-refractivity contribution in [2.45, 2.75) is 32.5 Å². The number of hydrogen-bond acceptors (Lipinski definition) is 3. The summed E-state index contributed by atoms with van der Waals surface area (Å²) in [7, 11) is 0. The number of carbonyl (C=O) groups excluding carboxylic acids is 1. The molecule has 0 spiro atoms. The predicted molar refractivity (Wildman–Crippen MR) is 66.1 cm³/mol. The average molecular weight is 234 g/mol. The fourth-order valence-corrected chi connectivity index (χ4v) is 1.54. The maximum Gasteiger partial charge on any atom is 0.237 e. The molecule has 92 valence electrons. The van der Waals surface area contributed by atoms with Crippen molar-refractivity contribution in [2.24, 2.45) is 0 Å². The van der Waals surface area contributed by atoms with Gasteiger partial charge in [-0.1, -0.05) is 5.92 Å². The van der Waals surface area contributed by atoms with Crippen LogP contribution < -0.4 is 10.6 Å². The van der Waals surface area contributed by atoms with Gasteiger partial charge in [0.05, 0.1) is 19.1 Å². The van der Waals surface area contributed by atoms with Crippen molar-refractivity contribution in [1.29, 1.82) is 0 Å². The van der Waals surface area contributed by atoms with Gasteiger partial charge in [0.25, 0.3) is 0 Å². The van der Waals surface area contributed by atoms with E-state index in [1.165, 1.54) is 0 Å². The summed E-state index contributed by atoms with van der Waals surface area (Å²) in [6, 6.07) is 1.76. The van der Waals surface area contributed by atoms with Gasteiger partial charge in [-0.2, -0.15) is 5.10 Å². The molecule has 5 heteroatoms.